The molecule has 4 aromatic rings. The molecule has 1 aromatic heterocycles. The van der Waals surface area contributed by atoms with Crippen molar-refractivity contribution in [3.63, 3.8) is 0 Å². The summed E-state index contributed by atoms with van der Waals surface area (Å²) < 4.78 is 47.3. The number of carbonyl (C=O) groups excluding carboxylic acids is 3. The summed E-state index contributed by atoms with van der Waals surface area (Å²) in [5.41, 5.74) is -0.317. The summed E-state index contributed by atoms with van der Waals surface area (Å²) in [5.74, 6) is -3.51. The summed E-state index contributed by atoms with van der Waals surface area (Å²) in [6.45, 7) is -0.409. The van der Waals surface area contributed by atoms with Gasteiger partial charge < -0.3 is 15.2 Å². The maximum atomic E-state index is 14.0. The van der Waals surface area contributed by atoms with Gasteiger partial charge in [0.2, 0.25) is 17.7 Å². The number of phenols is 1. The van der Waals surface area contributed by atoms with Crippen molar-refractivity contribution in [3.8, 4) is 11.5 Å². The third-order valence-electron chi connectivity index (χ3n) is 7.41. The molecule has 3 unspecified atom stereocenters. The lowest BCUT2D eigenvalue weighted by molar-refractivity contribution is -0.137. The van der Waals surface area contributed by atoms with Gasteiger partial charge in [0.1, 0.15) is 23.3 Å². The van der Waals surface area contributed by atoms with E-state index < -0.39 is 58.0 Å². The number of thioether (sulfide) groups is 1. The summed E-state index contributed by atoms with van der Waals surface area (Å²) in [5, 5.41) is 11.4. The molecule has 44 heavy (non-hydrogen) atoms. The van der Waals surface area contributed by atoms with Gasteiger partial charge in [-0.3, -0.25) is 23.7 Å². The number of alkyl halides is 3. The van der Waals surface area contributed by atoms with E-state index in [1.54, 1.807) is 24.3 Å². The minimum atomic E-state index is -4.69. The molecule has 3 amide bonds. The Morgan fingerprint density at radius 3 is 2.43 bits per heavy atom. The van der Waals surface area contributed by atoms with Crippen molar-refractivity contribution >= 4 is 52.2 Å². The quantitative estimate of drug-likeness (QED) is 0.223. The number of carbonyl (C=O) groups is 3. The van der Waals surface area contributed by atoms with Gasteiger partial charge in [0.25, 0.3) is 0 Å². The lowest BCUT2D eigenvalue weighted by atomic mass is 9.82. The number of nitrogens with zero attached hydrogens (tertiary/aromatic N) is 2. The van der Waals surface area contributed by atoms with E-state index in [4.69, 9.17) is 4.74 Å². The van der Waals surface area contributed by atoms with Crippen molar-refractivity contribution in [3.05, 3.63) is 98.5 Å². The molecule has 0 aliphatic carbocycles. The monoisotopic (exact) mass is 641 g/mol. The Kier molecular flexibility index (Phi) is 7.49. The second kappa shape index (κ2) is 11.2. The Bertz CT molecular complexity index is 1850. The van der Waals surface area contributed by atoms with Crippen LogP contribution in [-0.2, 0) is 27.1 Å². The van der Waals surface area contributed by atoms with Crippen LogP contribution in [0.15, 0.2) is 82.6 Å². The normalized spacial score (nSPS) is 19.5. The number of imide groups is 1. The minimum absolute atomic E-state index is 0.00872. The molecule has 1 saturated heterocycles. The van der Waals surface area contributed by atoms with Crippen LogP contribution in [0.1, 0.15) is 21.9 Å². The second-order valence-corrected chi connectivity index (χ2v) is 12.2. The third kappa shape index (κ3) is 5.13. The Labute approximate surface area is 255 Å². The Hall–Kier alpha value is -4.56. The van der Waals surface area contributed by atoms with Crippen LogP contribution >= 0.6 is 23.1 Å². The van der Waals surface area contributed by atoms with Gasteiger partial charge in [-0.15, -0.1) is 0 Å². The number of aromatic hydroxyl groups is 1. The topological polar surface area (TPSA) is 118 Å². The summed E-state index contributed by atoms with van der Waals surface area (Å²) in [6.07, 6.45) is -4.69. The Morgan fingerprint density at radius 1 is 1.00 bits per heavy atom. The molecule has 226 valence electrons. The van der Waals surface area contributed by atoms with Crippen LogP contribution in [0.25, 0.3) is 0 Å². The first-order valence-electron chi connectivity index (χ1n) is 13.1. The van der Waals surface area contributed by atoms with Crippen molar-refractivity contribution in [1.29, 1.82) is 0 Å². The van der Waals surface area contributed by atoms with Gasteiger partial charge >= 0.3 is 11.0 Å². The van der Waals surface area contributed by atoms with E-state index >= 15 is 0 Å². The first-order chi connectivity index (χ1) is 21.0. The largest absolute Gasteiger partial charge is 0.508 e. The van der Waals surface area contributed by atoms with Gasteiger partial charge in [0, 0.05) is 22.0 Å². The van der Waals surface area contributed by atoms with Gasteiger partial charge in [-0.1, -0.05) is 47.4 Å². The molecule has 9 nitrogen and oxygen atoms in total. The molecule has 0 bridgehead atoms. The van der Waals surface area contributed by atoms with E-state index in [9.17, 15) is 37.5 Å². The number of ether oxygens (including phenoxy) is 1. The van der Waals surface area contributed by atoms with Crippen LogP contribution in [0.4, 0.5) is 24.5 Å². The van der Waals surface area contributed by atoms with Gasteiger partial charge in [0.15, 0.2) is 0 Å². The number of phenolic OH excluding ortho intramolecular Hbond substituents is 1. The van der Waals surface area contributed by atoms with Crippen LogP contribution in [0, 0.1) is 5.92 Å². The number of methoxy groups -OCH3 is 1. The fourth-order valence-corrected chi connectivity index (χ4v) is 8.24. The highest BCUT2D eigenvalue weighted by Crippen LogP contribution is 2.55. The van der Waals surface area contributed by atoms with Crippen molar-refractivity contribution in [2.24, 2.45) is 5.92 Å². The number of fused-ring (bicyclic) bond motifs is 2. The molecule has 3 atom stereocenters. The third-order valence-corrected chi connectivity index (χ3v) is 10.0. The highest BCUT2D eigenvalue weighted by atomic mass is 32.2. The number of halogens is 3. The molecule has 3 heterocycles. The molecule has 3 aromatic carbocycles. The molecule has 6 rings (SSSR count). The maximum absolute atomic E-state index is 14.0. The average Bonchev–Trinajstić information content (AvgIpc) is 3.44. The van der Waals surface area contributed by atoms with E-state index in [0.717, 1.165) is 46.2 Å². The SMILES string of the molecule is COc1ccccc1C1c2sc(=O)n(CC(=O)Nc3ccc(O)cc3)c2SC2C(=O)N(c3cccc(C(F)(F)F)c3)C(=O)C21. The number of anilines is 2. The highest BCUT2D eigenvalue weighted by molar-refractivity contribution is 8.00. The van der Waals surface area contributed by atoms with Crippen LogP contribution in [-0.4, -0.2) is 39.8 Å². The summed E-state index contributed by atoms with van der Waals surface area (Å²) in [6, 6.07) is 16.6. The zero-order valence-electron chi connectivity index (χ0n) is 22.7. The zero-order chi connectivity index (χ0) is 31.3. The van der Waals surface area contributed by atoms with Crippen LogP contribution in [0.3, 0.4) is 0 Å². The standard InChI is InChI=1S/C30H22F3N3O6S2/c1-42-20-8-3-2-7-19(20)22-23-24(27(40)36(26(23)39)17-6-4-5-15(13-17)30(31,32)33)43-28-25(22)44-29(41)35(28)14-21(38)34-16-9-11-18(37)12-10-16/h2-13,22-24,37H,14H2,1H3,(H,34,38). The van der Waals surface area contributed by atoms with Crippen LogP contribution in [0.2, 0.25) is 0 Å². The molecular weight excluding hydrogens is 619 g/mol. The molecule has 14 heteroatoms. The highest BCUT2D eigenvalue weighted by Gasteiger charge is 2.57. The smallest absolute Gasteiger partial charge is 0.416 e. The van der Waals surface area contributed by atoms with E-state index in [1.807, 2.05) is 0 Å². The molecular formula is C30H22F3N3O6S2. The molecule has 2 aliphatic heterocycles. The first kappa shape index (κ1) is 29.5. The number of amides is 3. The number of aromatic nitrogens is 1. The number of benzene rings is 3. The predicted molar refractivity (Wildman–Crippen MR) is 157 cm³/mol. The lowest BCUT2D eigenvalue weighted by Gasteiger charge is -2.31. The number of hydrogen-bond acceptors (Lipinski definition) is 8. The summed E-state index contributed by atoms with van der Waals surface area (Å²) in [4.78, 5) is 54.9. The van der Waals surface area contributed by atoms with Gasteiger partial charge in [-0.2, -0.15) is 13.2 Å². The van der Waals surface area contributed by atoms with Gasteiger partial charge in [-0.05, 0) is 48.5 Å². The van der Waals surface area contributed by atoms with E-state index in [-0.39, 0.29) is 11.4 Å². The summed E-state index contributed by atoms with van der Waals surface area (Å²) >= 11 is 1.77. The van der Waals surface area contributed by atoms with Gasteiger partial charge in [0.05, 0.1) is 29.3 Å². The number of para-hydroxylation sites is 1. The molecule has 1 fully saturated rings. The minimum Gasteiger partial charge on any atom is -0.508 e. The van der Waals surface area contributed by atoms with E-state index in [0.29, 0.717) is 26.9 Å². The lowest BCUT2D eigenvalue weighted by Crippen LogP contribution is -2.33. The molecule has 0 radical (unpaired) electrons. The number of thiazole rings is 1. The molecule has 0 saturated carbocycles. The zero-order valence-corrected chi connectivity index (χ0v) is 24.3. The van der Waals surface area contributed by atoms with Crippen molar-refractivity contribution < 1.29 is 37.4 Å². The predicted octanol–water partition coefficient (Wildman–Crippen LogP) is 5.08. The van der Waals surface area contributed by atoms with Crippen molar-refractivity contribution in [2.75, 3.05) is 17.3 Å². The van der Waals surface area contributed by atoms with E-state index in [1.165, 1.54) is 42.0 Å². The molecule has 0 spiro atoms. The molecule has 2 aliphatic rings. The summed E-state index contributed by atoms with van der Waals surface area (Å²) in [7, 11) is 1.44. The molecule has 2 N–H and O–H groups in total. The van der Waals surface area contributed by atoms with Crippen LogP contribution < -0.4 is 19.8 Å². The number of rotatable bonds is 6. The van der Waals surface area contributed by atoms with Crippen LogP contribution in [0.5, 0.6) is 11.5 Å². The Balaban J connectivity index is 1.43. The number of hydrogen-bond donors (Lipinski definition) is 2. The maximum Gasteiger partial charge on any atom is 0.416 e. The number of nitrogens with one attached hydrogen (secondary N) is 1. The van der Waals surface area contributed by atoms with E-state index in [2.05, 4.69) is 5.32 Å². The Morgan fingerprint density at radius 2 is 1.73 bits per heavy atom. The average molecular weight is 642 g/mol. The van der Waals surface area contributed by atoms with Gasteiger partial charge in [-0.25, -0.2) is 4.90 Å². The van der Waals surface area contributed by atoms with Crippen molar-refractivity contribution in [1.82, 2.24) is 4.57 Å². The fraction of sp³-hybridized carbons (Fsp3) is 0.200. The first-order valence-corrected chi connectivity index (χ1v) is 14.8. The fourth-order valence-electron chi connectivity index (χ4n) is 5.48. The second-order valence-electron chi connectivity index (χ2n) is 10.1. The van der Waals surface area contributed by atoms with Crippen molar-refractivity contribution in [2.45, 2.75) is 28.9 Å².